The van der Waals surface area contributed by atoms with E-state index in [0.717, 1.165) is 24.3 Å². The third-order valence-corrected chi connectivity index (χ3v) is 1.73. The van der Waals surface area contributed by atoms with Gasteiger partial charge in [-0.25, -0.2) is 24.6 Å². The molecule has 0 aliphatic heterocycles. The van der Waals surface area contributed by atoms with Crippen LogP contribution in [0, 0.1) is 5.41 Å². The number of benzene rings is 1. The minimum atomic E-state index is -1.48. The highest BCUT2D eigenvalue weighted by molar-refractivity contribution is 6.03. The predicted molar refractivity (Wildman–Crippen MR) is 55.7 cm³/mol. The summed E-state index contributed by atoms with van der Waals surface area (Å²) in [6, 6.07) is 2.81. The number of hydrogen-bond donors (Lipinski definition) is 4. The van der Waals surface area contributed by atoms with Crippen molar-refractivity contribution >= 4 is 24.0 Å². The van der Waals surface area contributed by atoms with Crippen LogP contribution in [0.2, 0.25) is 0 Å². The molecule has 1 aromatic carbocycles. The van der Waals surface area contributed by atoms with Gasteiger partial charge in [-0.1, -0.05) is 0 Å². The van der Waals surface area contributed by atoms with Crippen LogP contribution >= 0.6 is 0 Å². The van der Waals surface area contributed by atoms with E-state index in [0.29, 0.717) is 0 Å². The molecule has 0 atom stereocenters. The minimum absolute atomic E-state index is 0.266. The molecular formula is C10H7NO7. The Labute approximate surface area is 99.6 Å². The second kappa shape index (κ2) is 6.56. The molecule has 0 saturated heterocycles. The second-order valence-electron chi connectivity index (χ2n) is 2.78. The van der Waals surface area contributed by atoms with Crippen LogP contribution in [0.1, 0.15) is 31.1 Å². The fourth-order valence-electron chi connectivity index (χ4n) is 1.04. The first-order valence-corrected chi connectivity index (χ1v) is 4.23. The lowest BCUT2D eigenvalue weighted by Crippen LogP contribution is -2.10. The van der Waals surface area contributed by atoms with Crippen molar-refractivity contribution in [1.29, 1.82) is 5.41 Å². The van der Waals surface area contributed by atoms with Gasteiger partial charge in [-0.2, -0.15) is 0 Å². The minimum Gasteiger partial charge on any atom is -0.478 e. The van der Waals surface area contributed by atoms with Gasteiger partial charge in [-0.15, -0.1) is 0 Å². The van der Waals surface area contributed by atoms with Crippen molar-refractivity contribution < 1.29 is 34.5 Å². The van der Waals surface area contributed by atoms with E-state index in [1.807, 2.05) is 0 Å². The van der Waals surface area contributed by atoms with E-state index < -0.39 is 29.0 Å². The summed E-state index contributed by atoms with van der Waals surface area (Å²) in [6.45, 7) is 0. The molecule has 1 rings (SSSR count). The first kappa shape index (κ1) is 15.0. The van der Waals surface area contributed by atoms with E-state index in [1.54, 1.807) is 0 Å². The fraction of sp³-hybridized carbons (Fsp3) is 0. The number of carboxylic acid groups (broad SMARTS) is 3. The van der Waals surface area contributed by atoms with E-state index in [-0.39, 0.29) is 5.56 Å². The molecule has 0 heterocycles. The zero-order chi connectivity index (χ0) is 14.3. The van der Waals surface area contributed by atoms with E-state index in [1.165, 1.54) is 0 Å². The van der Waals surface area contributed by atoms with Crippen LogP contribution in [0.4, 0.5) is 0 Å². The van der Waals surface area contributed by atoms with Crippen LogP contribution in [0.3, 0.4) is 0 Å². The number of carbonyl (C=O) groups excluding carboxylic acids is 1. The van der Waals surface area contributed by atoms with Crippen molar-refractivity contribution in [2.45, 2.75) is 0 Å². The van der Waals surface area contributed by atoms with Gasteiger partial charge in [0, 0.05) is 0 Å². The Balaban J connectivity index is 0.000000873. The van der Waals surface area contributed by atoms with Crippen molar-refractivity contribution in [3.8, 4) is 0 Å². The zero-order valence-corrected chi connectivity index (χ0v) is 8.71. The molecule has 8 heteroatoms. The summed E-state index contributed by atoms with van der Waals surface area (Å²) < 4.78 is 0. The van der Waals surface area contributed by atoms with Crippen LogP contribution in [-0.4, -0.2) is 39.3 Å². The quantitative estimate of drug-likeness (QED) is 0.456. The molecule has 0 aromatic heterocycles. The number of hydrogen-bond acceptors (Lipinski definition) is 5. The average molecular weight is 253 g/mol. The zero-order valence-electron chi connectivity index (χ0n) is 8.71. The van der Waals surface area contributed by atoms with Crippen LogP contribution < -0.4 is 0 Å². The number of aromatic carboxylic acids is 3. The van der Waals surface area contributed by atoms with Crippen molar-refractivity contribution in [3.05, 3.63) is 34.9 Å². The standard InChI is InChI=1S/C9H6O6.CHNO/c10-7(11)4-1-2-5(8(12)13)6(3-4)9(14)15;2-1-3/h1-3H,(H,10,11)(H,12,13)(H,14,15);2H. The number of carbonyl (C=O) groups is 3. The molecule has 0 amide bonds. The molecule has 0 fully saturated rings. The molecule has 0 radical (unpaired) electrons. The summed E-state index contributed by atoms with van der Waals surface area (Å²) in [6.07, 6.45) is 0.750. The highest BCUT2D eigenvalue weighted by atomic mass is 16.4. The average Bonchev–Trinajstić information content (AvgIpc) is 2.28. The lowest BCUT2D eigenvalue weighted by atomic mass is 10.0. The maximum atomic E-state index is 10.6. The highest BCUT2D eigenvalue weighted by Gasteiger charge is 2.17. The number of nitrogens with one attached hydrogen (secondary N) is 1. The molecule has 0 aliphatic rings. The van der Waals surface area contributed by atoms with Crippen molar-refractivity contribution in [2.24, 2.45) is 0 Å². The lowest BCUT2D eigenvalue weighted by molar-refractivity contribution is 0.0649. The molecule has 0 spiro atoms. The van der Waals surface area contributed by atoms with Gasteiger partial charge in [0.15, 0.2) is 0 Å². The van der Waals surface area contributed by atoms with Gasteiger partial charge in [0.05, 0.1) is 16.7 Å². The van der Waals surface area contributed by atoms with Crippen LogP contribution in [0.5, 0.6) is 0 Å². The number of carboxylic acids is 3. The monoisotopic (exact) mass is 253 g/mol. The SMILES string of the molecule is N=C=O.O=C(O)c1ccc(C(=O)O)c(C(=O)O)c1. The Bertz CT molecular complexity index is 529. The summed E-state index contributed by atoms with van der Waals surface area (Å²) in [5.74, 6) is -4.20. The van der Waals surface area contributed by atoms with Gasteiger partial charge in [-0.05, 0) is 18.2 Å². The number of rotatable bonds is 3. The lowest BCUT2D eigenvalue weighted by Gasteiger charge is -2.02. The van der Waals surface area contributed by atoms with E-state index >= 15 is 0 Å². The van der Waals surface area contributed by atoms with Gasteiger partial charge in [-0.3, -0.25) is 0 Å². The Morgan fingerprint density at radius 2 is 1.39 bits per heavy atom. The van der Waals surface area contributed by atoms with Gasteiger partial charge in [0.25, 0.3) is 0 Å². The Hall–Kier alpha value is -2.99. The van der Waals surface area contributed by atoms with Gasteiger partial charge >= 0.3 is 17.9 Å². The Morgan fingerprint density at radius 1 is 0.944 bits per heavy atom. The topological polar surface area (TPSA) is 153 Å². The van der Waals surface area contributed by atoms with Crippen LogP contribution in [-0.2, 0) is 4.79 Å². The van der Waals surface area contributed by atoms with Crippen LogP contribution in [0.25, 0.3) is 0 Å². The van der Waals surface area contributed by atoms with Crippen LogP contribution in [0.15, 0.2) is 18.2 Å². The molecule has 94 valence electrons. The maximum absolute atomic E-state index is 10.6. The van der Waals surface area contributed by atoms with E-state index in [2.05, 4.69) is 0 Å². The van der Waals surface area contributed by atoms with Crippen molar-refractivity contribution in [1.82, 2.24) is 0 Å². The van der Waals surface area contributed by atoms with Crippen molar-refractivity contribution in [2.75, 3.05) is 0 Å². The predicted octanol–water partition coefficient (Wildman–Crippen LogP) is 0.682. The summed E-state index contributed by atoms with van der Waals surface area (Å²) in [5, 5.41) is 31.3. The Kier molecular flexibility index (Phi) is 5.47. The molecule has 0 bridgehead atoms. The normalized spacial score (nSPS) is 8.44. The molecule has 0 saturated carbocycles. The molecule has 1 aromatic rings. The summed E-state index contributed by atoms with van der Waals surface area (Å²) >= 11 is 0. The third-order valence-electron chi connectivity index (χ3n) is 1.73. The van der Waals surface area contributed by atoms with Gasteiger partial charge in [0.2, 0.25) is 6.08 Å². The van der Waals surface area contributed by atoms with Gasteiger partial charge in [0.1, 0.15) is 0 Å². The van der Waals surface area contributed by atoms with Gasteiger partial charge < -0.3 is 15.3 Å². The highest BCUT2D eigenvalue weighted by Crippen LogP contribution is 2.12. The van der Waals surface area contributed by atoms with E-state index in [9.17, 15) is 14.4 Å². The molecule has 8 nitrogen and oxygen atoms in total. The summed E-state index contributed by atoms with van der Waals surface area (Å²) in [5.41, 5.74) is -1.24. The maximum Gasteiger partial charge on any atom is 0.336 e. The fourth-order valence-corrected chi connectivity index (χ4v) is 1.04. The summed E-state index contributed by atoms with van der Waals surface area (Å²) in [7, 11) is 0. The number of isocyanates is 1. The molecule has 4 N–H and O–H groups in total. The van der Waals surface area contributed by atoms with E-state index in [4.69, 9.17) is 25.5 Å². The third kappa shape index (κ3) is 3.87. The summed E-state index contributed by atoms with van der Waals surface area (Å²) in [4.78, 5) is 40.1. The molecule has 18 heavy (non-hydrogen) atoms. The molecule has 0 aliphatic carbocycles. The first-order valence-electron chi connectivity index (χ1n) is 4.23. The van der Waals surface area contributed by atoms with Crippen molar-refractivity contribution in [3.63, 3.8) is 0 Å². The smallest absolute Gasteiger partial charge is 0.336 e. The first-order chi connectivity index (χ1) is 8.34. The second-order valence-corrected chi connectivity index (χ2v) is 2.78. The largest absolute Gasteiger partial charge is 0.478 e. The molecule has 0 unspecified atom stereocenters. The Morgan fingerprint density at radius 3 is 1.72 bits per heavy atom. The molecular weight excluding hydrogens is 246 g/mol.